The molecular weight excluding hydrogens is 268 g/mol. The summed E-state index contributed by atoms with van der Waals surface area (Å²) >= 11 is 0. The highest BCUT2D eigenvalue weighted by Gasteiger charge is 2.24. The molecule has 0 saturated carbocycles. The van der Waals surface area contributed by atoms with Crippen LogP contribution in [0.2, 0.25) is 0 Å². The first-order valence-electron chi connectivity index (χ1n) is 7.25. The average molecular weight is 292 g/mol. The maximum absolute atomic E-state index is 12.5. The van der Waals surface area contributed by atoms with E-state index in [1.54, 1.807) is 23.8 Å². The van der Waals surface area contributed by atoms with Crippen molar-refractivity contribution < 1.29 is 14.7 Å². The summed E-state index contributed by atoms with van der Waals surface area (Å²) in [7, 11) is 1.71. The van der Waals surface area contributed by atoms with Crippen LogP contribution < -0.4 is 4.90 Å². The van der Waals surface area contributed by atoms with Crippen LogP contribution in [0.1, 0.15) is 32.8 Å². The van der Waals surface area contributed by atoms with E-state index in [4.69, 9.17) is 5.11 Å². The van der Waals surface area contributed by atoms with Gasteiger partial charge >= 0.3 is 12.0 Å². The van der Waals surface area contributed by atoms with Crippen molar-refractivity contribution in [2.24, 2.45) is 0 Å². The molecule has 1 unspecified atom stereocenters. The van der Waals surface area contributed by atoms with Crippen LogP contribution in [0.5, 0.6) is 0 Å². The fourth-order valence-corrected chi connectivity index (χ4v) is 2.26. The number of aliphatic carboxylic acids is 1. The number of carboxylic acids is 1. The van der Waals surface area contributed by atoms with E-state index in [1.165, 1.54) is 5.56 Å². The Kier molecular flexibility index (Phi) is 6.21. The van der Waals surface area contributed by atoms with Crippen LogP contribution >= 0.6 is 0 Å². The second-order valence-corrected chi connectivity index (χ2v) is 5.09. The van der Waals surface area contributed by atoms with E-state index >= 15 is 0 Å². The molecule has 0 heterocycles. The molecule has 1 aromatic rings. The SMILES string of the molecule is CCc1ccc(N(C)C(=O)N(CC)C(C)CC(=O)O)cc1. The molecule has 0 aliphatic carbocycles. The van der Waals surface area contributed by atoms with Crippen LogP contribution in [0.25, 0.3) is 0 Å². The van der Waals surface area contributed by atoms with Crippen molar-refractivity contribution in [1.29, 1.82) is 0 Å². The lowest BCUT2D eigenvalue weighted by Crippen LogP contribution is -2.46. The molecule has 0 radical (unpaired) electrons. The van der Waals surface area contributed by atoms with E-state index in [-0.39, 0.29) is 18.5 Å². The van der Waals surface area contributed by atoms with Gasteiger partial charge in [-0.05, 0) is 38.0 Å². The molecule has 1 aromatic carbocycles. The minimum Gasteiger partial charge on any atom is -0.481 e. The molecule has 0 spiro atoms. The Morgan fingerprint density at radius 2 is 1.76 bits per heavy atom. The molecule has 0 saturated heterocycles. The lowest BCUT2D eigenvalue weighted by atomic mass is 10.1. The highest BCUT2D eigenvalue weighted by Crippen LogP contribution is 2.17. The average Bonchev–Trinajstić information content (AvgIpc) is 2.46. The minimum absolute atomic E-state index is 0.0534. The number of carbonyl (C=O) groups is 2. The third-order valence-corrected chi connectivity index (χ3v) is 3.61. The topological polar surface area (TPSA) is 60.9 Å². The lowest BCUT2D eigenvalue weighted by molar-refractivity contribution is -0.138. The van der Waals surface area contributed by atoms with Crippen molar-refractivity contribution in [2.75, 3.05) is 18.5 Å². The van der Waals surface area contributed by atoms with Crippen LogP contribution in [0.3, 0.4) is 0 Å². The van der Waals surface area contributed by atoms with Gasteiger partial charge in [0.15, 0.2) is 0 Å². The van der Waals surface area contributed by atoms with E-state index in [9.17, 15) is 9.59 Å². The molecule has 2 amide bonds. The number of anilines is 1. The summed E-state index contributed by atoms with van der Waals surface area (Å²) < 4.78 is 0. The molecule has 116 valence electrons. The number of benzene rings is 1. The fraction of sp³-hybridized carbons (Fsp3) is 0.500. The summed E-state index contributed by atoms with van der Waals surface area (Å²) in [5, 5.41) is 8.87. The highest BCUT2D eigenvalue weighted by atomic mass is 16.4. The Labute approximate surface area is 126 Å². The molecule has 1 N–H and O–H groups in total. The minimum atomic E-state index is -0.899. The van der Waals surface area contributed by atoms with Gasteiger partial charge in [0.25, 0.3) is 0 Å². The summed E-state index contributed by atoms with van der Waals surface area (Å²) in [6.07, 6.45) is 0.900. The zero-order chi connectivity index (χ0) is 16.0. The van der Waals surface area contributed by atoms with Gasteiger partial charge in [-0.2, -0.15) is 0 Å². The number of nitrogens with zero attached hydrogens (tertiary/aromatic N) is 2. The third-order valence-electron chi connectivity index (χ3n) is 3.61. The Morgan fingerprint density at radius 3 is 2.19 bits per heavy atom. The first-order valence-corrected chi connectivity index (χ1v) is 7.25. The van der Waals surface area contributed by atoms with E-state index in [0.717, 1.165) is 12.1 Å². The largest absolute Gasteiger partial charge is 0.481 e. The van der Waals surface area contributed by atoms with Crippen molar-refractivity contribution in [1.82, 2.24) is 4.90 Å². The first-order chi connectivity index (χ1) is 9.90. The van der Waals surface area contributed by atoms with Gasteiger partial charge in [0.05, 0.1) is 6.42 Å². The zero-order valence-electron chi connectivity index (χ0n) is 13.2. The Bertz CT molecular complexity index is 485. The van der Waals surface area contributed by atoms with Crippen LogP contribution in [-0.4, -0.2) is 41.6 Å². The molecule has 0 aromatic heterocycles. The number of aryl methyl sites for hydroxylation is 1. The fourth-order valence-electron chi connectivity index (χ4n) is 2.26. The molecule has 21 heavy (non-hydrogen) atoms. The number of rotatable bonds is 6. The summed E-state index contributed by atoms with van der Waals surface area (Å²) in [5.74, 6) is -0.899. The second-order valence-electron chi connectivity index (χ2n) is 5.09. The summed E-state index contributed by atoms with van der Waals surface area (Å²) in [4.78, 5) is 26.5. The van der Waals surface area contributed by atoms with Crippen molar-refractivity contribution in [2.45, 2.75) is 39.7 Å². The molecular formula is C16H24N2O3. The lowest BCUT2D eigenvalue weighted by Gasteiger charge is -2.31. The zero-order valence-corrected chi connectivity index (χ0v) is 13.2. The number of hydrogen-bond donors (Lipinski definition) is 1. The van der Waals surface area contributed by atoms with Gasteiger partial charge in [-0.3, -0.25) is 9.69 Å². The maximum Gasteiger partial charge on any atom is 0.324 e. The van der Waals surface area contributed by atoms with Crippen molar-refractivity contribution in [3.05, 3.63) is 29.8 Å². The third kappa shape index (κ3) is 4.48. The smallest absolute Gasteiger partial charge is 0.324 e. The van der Waals surface area contributed by atoms with Gasteiger partial charge < -0.3 is 10.0 Å². The van der Waals surface area contributed by atoms with Crippen molar-refractivity contribution in [3.63, 3.8) is 0 Å². The quantitative estimate of drug-likeness (QED) is 0.876. The Hall–Kier alpha value is -2.04. The monoisotopic (exact) mass is 292 g/mol. The van der Waals surface area contributed by atoms with E-state index in [1.807, 2.05) is 31.2 Å². The highest BCUT2D eigenvalue weighted by molar-refractivity contribution is 5.91. The standard InChI is InChI=1S/C16H24N2O3/c1-5-13-7-9-14(10-8-13)17(4)16(21)18(6-2)12(3)11-15(19)20/h7-10,12H,5-6,11H2,1-4H3,(H,19,20). The van der Waals surface area contributed by atoms with Crippen molar-refractivity contribution >= 4 is 17.7 Å². The number of amides is 2. The van der Waals surface area contributed by atoms with Crippen LogP contribution in [0.15, 0.2) is 24.3 Å². The second kappa shape index (κ2) is 7.67. The predicted molar refractivity (Wildman–Crippen MR) is 83.7 cm³/mol. The van der Waals surface area contributed by atoms with Crippen LogP contribution in [0.4, 0.5) is 10.5 Å². The number of carbonyl (C=O) groups excluding carboxylic acids is 1. The molecule has 0 fully saturated rings. The van der Waals surface area contributed by atoms with Crippen LogP contribution in [0, 0.1) is 0 Å². The van der Waals surface area contributed by atoms with E-state index in [2.05, 4.69) is 6.92 Å². The molecule has 1 rings (SSSR count). The van der Waals surface area contributed by atoms with Gasteiger partial charge in [0.2, 0.25) is 0 Å². The van der Waals surface area contributed by atoms with E-state index < -0.39 is 5.97 Å². The van der Waals surface area contributed by atoms with Gasteiger partial charge in [-0.15, -0.1) is 0 Å². The molecule has 0 bridgehead atoms. The Morgan fingerprint density at radius 1 is 1.19 bits per heavy atom. The number of carboxylic acid groups (broad SMARTS) is 1. The normalized spacial score (nSPS) is 11.8. The number of urea groups is 1. The van der Waals surface area contributed by atoms with Gasteiger partial charge in [-0.1, -0.05) is 19.1 Å². The molecule has 0 aliphatic heterocycles. The van der Waals surface area contributed by atoms with Gasteiger partial charge in [-0.25, -0.2) is 4.79 Å². The molecule has 0 aliphatic rings. The van der Waals surface area contributed by atoms with Gasteiger partial charge in [0.1, 0.15) is 0 Å². The van der Waals surface area contributed by atoms with E-state index in [0.29, 0.717) is 6.54 Å². The molecule has 1 atom stereocenters. The van der Waals surface area contributed by atoms with Gasteiger partial charge in [0, 0.05) is 25.3 Å². The summed E-state index contributed by atoms with van der Waals surface area (Å²) in [5.41, 5.74) is 2.02. The maximum atomic E-state index is 12.5. The summed E-state index contributed by atoms with van der Waals surface area (Å²) in [6, 6.07) is 7.29. The molecule has 5 nitrogen and oxygen atoms in total. The summed E-state index contributed by atoms with van der Waals surface area (Å²) in [6.45, 7) is 6.16. The van der Waals surface area contributed by atoms with Crippen LogP contribution in [-0.2, 0) is 11.2 Å². The number of hydrogen-bond acceptors (Lipinski definition) is 2. The molecule has 5 heteroatoms. The first kappa shape index (κ1) is 17.0. The predicted octanol–water partition coefficient (Wildman–Crippen LogP) is 2.99. The van der Waals surface area contributed by atoms with Crippen molar-refractivity contribution in [3.8, 4) is 0 Å². The Balaban J connectivity index is 2.84.